The Kier molecular flexibility index (Phi) is 15.3. The van der Waals surface area contributed by atoms with Crippen LogP contribution in [0.4, 0.5) is 0 Å². The summed E-state index contributed by atoms with van der Waals surface area (Å²) in [5, 5.41) is 11.3. The normalized spacial score (nSPS) is 22.4. The van der Waals surface area contributed by atoms with Crippen molar-refractivity contribution in [3.63, 3.8) is 0 Å². The van der Waals surface area contributed by atoms with E-state index in [2.05, 4.69) is 28.2 Å². The van der Waals surface area contributed by atoms with Crippen molar-refractivity contribution in [2.75, 3.05) is 13.1 Å². The fourth-order valence-corrected chi connectivity index (χ4v) is 4.45. The fourth-order valence-electron chi connectivity index (χ4n) is 4.45. The maximum atomic E-state index is 13.3. The van der Waals surface area contributed by atoms with Crippen LogP contribution < -0.4 is 27.0 Å². The summed E-state index contributed by atoms with van der Waals surface area (Å²) in [6.07, 6.45) is 11.0. The van der Waals surface area contributed by atoms with Crippen molar-refractivity contribution in [1.29, 1.82) is 0 Å². The molecule has 6 N–H and O–H groups in total. The Hall–Kier alpha value is -2.16. The second kappa shape index (κ2) is 17.3. The first-order chi connectivity index (χ1) is 17.1. The maximum absolute atomic E-state index is 13.3. The van der Waals surface area contributed by atoms with Crippen LogP contribution in [-0.2, 0) is 19.2 Å². The van der Waals surface area contributed by atoms with E-state index < -0.39 is 18.0 Å². The van der Waals surface area contributed by atoms with E-state index in [1.165, 1.54) is 25.7 Å². The Morgan fingerprint density at radius 2 is 1.36 bits per heavy atom. The van der Waals surface area contributed by atoms with Crippen molar-refractivity contribution in [1.82, 2.24) is 21.3 Å². The highest BCUT2D eigenvalue weighted by Gasteiger charge is 2.31. The Morgan fingerprint density at radius 1 is 0.750 bits per heavy atom. The monoisotopic (exact) mass is 509 g/mol. The first kappa shape index (κ1) is 31.9. The van der Waals surface area contributed by atoms with Crippen LogP contribution >= 0.6 is 0 Å². The van der Waals surface area contributed by atoms with Crippen molar-refractivity contribution in [3.8, 4) is 0 Å². The zero-order valence-corrected chi connectivity index (χ0v) is 23.0. The lowest BCUT2D eigenvalue weighted by atomic mass is 9.87. The molecule has 2 unspecified atom stereocenters. The molecule has 0 radical (unpaired) electrons. The summed E-state index contributed by atoms with van der Waals surface area (Å²) < 4.78 is 0. The largest absolute Gasteiger partial charge is 0.351 e. The smallest absolute Gasteiger partial charge is 0.243 e. The summed E-state index contributed by atoms with van der Waals surface area (Å²) in [4.78, 5) is 51.5. The molecule has 0 aromatic rings. The molecule has 4 amide bonds. The molecule has 1 aliphatic heterocycles. The van der Waals surface area contributed by atoms with Crippen molar-refractivity contribution in [3.05, 3.63) is 0 Å². The van der Waals surface area contributed by atoms with Crippen LogP contribution in [0.25, 0.3) is 0 Å². The van der Waals surface area contributed by atoms with E-state index in [1.807, 2.05) is 20.8 Å². The Bertz CT molecular complexity index is 692. The molecular weight excluding hydrogens is 458 g/mol. The van der Waals surface area contributed by atoms with Gasteiger partial charge in [0.1, 0.15) is 12.1 Å². The number of carbonyl (C=O) groups is 4. The molecule has 208 valence electrons. The van der Waals surface area contributed by atoms with Crippen LogP contribution in [0.15, 0.2) is 0 Å². The molecule has 1 heterocycles. The SMILES string of the molecule is CCCCCCCCCC1CC(=O)NCC(=O)N[C@@H](CCCCN)C(=O)NC(CC(C)(C)C)C(=O)N1. The summed E-state index contributed by atoms with van der Waals surface area (Å²) in [5.41, 5.74) is 5.37. The van der Waals surface area contributed by atoms with E-state index >= 15 is 0 Å². The molecule has 36 heavy (non-hydrogen) atoms. The average molecular weight is 510 g/mol. The Balaban J connectivity index is 2.97. The quantitative estimate of drug-likeness (QED) is 0.243. The van der Waals surface area contributed by atoms with Gasteiger partial charge in [-0.1, -0.05) is 72.6 Å². The van der Waals surface area contributed by atoms with E-state index in [0.717, 1.165) is 25.7 Å². The van der Waals surface area contributed by atoms with Gasteiger partial charge >= 0.3 is 0 Å². The number of amides is 4. The second-order valence-electron chi connectivity index (χ2n) is 11.3. The van der Waals surface area contributed by atoms with Crippen LogP contribution in [0.5, 0.6) is 0 Å². The minimum absolute atomic E-state index is 0.102. The van der Waals surface area contributed by atoms with E-state index in [9.17, 15) is 19.2 Å². The molecule has 1 rings (SSSR count). The summed E-state index contributed by atoms with van der Waals surface area (Å²) in [7, 11) is 0. The highest BCUT2D eigenvalue weighted by molar-refractivity contribution is 5.93. The summed E-state index contributed by atoms with van der Waals surface area (Å²) in [5.74, 6) is -1.39. The number of unbranched alkanes of at least 4 members (excludes halogenated alkanes) is 7. The van der Waals surface area contributed by atoms with Gasteiger partial charge < -0.3 is 27.0 Å². The van der Waals surface area contributed by atoms with Crippen molar-refractivity contribution in [2.24, 2.45) is 11.1 Å². The van der Waals surface area contributed by atoms with Gasteiger partial charge in [0.25, 0.3) is 0 Å². The second-order valence-corrected chi connectivity index (χ2v) is 11.3. The first-order valence-corrected chi connectivity index (χ1v) is 13.9. The highest BCUT2D eigenvalue weighted by atomic mass is 16.2. The van der Waals surface area contributed by atoms with Crippen molar-refractivity contribution >= 4 is 23.6 Å². The molecular formula is C27H51N5O4. The minimum atomic E-state index is -0.791. The molecule has 1 saturated heterocycles. The lowest BCUT2D eigenvalue weighted by Gasteiger charge is -2.29. The molecule has 0 saturated carbocycles. The van der Waals surface area contributed by atoms with Gasteiger partial charge in [-0.05, 0) is 44.1 Å². The van der Waals surface area contributed by atoms with Gasteiger partial charge in [0.15, 0.2) is 0 Å². The van der Waals surface area contributed by atoms with Crippen molar-refractivity contribution < 1.29 is 19.2 Å². The third kappa shape index (κ3) is 14.4. The number of rotatable bonds is 13. The zero-order chi connectivity index (χ0) is 27.0. The molecule has 1 fully saturated rings. The highest BCUT2D eigenvalue weighted by Crippen LogP contribution is 2.22. The third-order valence-electron chi connectivity index (χ3n) is 6.43. The topological polar surface area (TPSA) is 142 Å². The summed E-state index contributed by atoms with van der Waals surface area (Å²) in [6, 6.07) is -1.90. The first-order valence-electron chi connectivity index (χ1n) is 13.9. The number of nitrogens with two attached hydrogens (primary N) is 1. The van der Waals surface area contributed by atoms with Gasteiger partial charge in [0, 0.05) is 12.5 Å². The van der Waals surface area contributed by atoms with Crippen LogP contribution in [0.2, 0.25) is 0 Å². The Labute approximate surface area is 217 Å². The van der Waals surface area contributed by atoms with Crippen LogP contribution in [0.1, 0.15) is 111 Å². The van der Waals surface area contributed by atoms with E-state index in [-0.39, 0.29) is 42.1 Å². The molecule has 0 aromatic carbocycles. The summed E-state index contributed by atoms with van der Waals surface area (Å²) in [6.45, 7) is 8.52. The van der Waals surface area contributed by atoms with Crippen molar-refractivity contribution in [2.45, 2.75) is 129 Å². The van der Waals surface area contributed by atoms with Gasteiger partial charge in [0.2, 0.25) is 23.6 Å². The number of carbonyl (C=O) groups excluding carboxylic acids is 4. The van der Waals surface area contributed by atoms with Gasteiger partial charge in [-0.3, -0.25) is 19.2 Å². The van der Waals surface area contributed by atoms with E-state index in [1.54, 1.807) is 0 Å². The maximum Gasteiger partial charge on any atom is 0.243 e. The van der Waals surface area contributed by atoms with Gasteiger partial charge in [0.05, 0.1) is 6.54 Å². The van der Waals surface area contributed by atoms with Crippen LogP contribution in [0, 0.1) is 5.41 Å². The number of hydrogen-bond donors (Lipinski definition) is 5. The summed E-state index contributed by atoms with van der Waals surface area (Å²) >= 11 is 0. The van der Waals surface area contributed by atoms with Crippen LogP contribution in [0.3, 0.4) is 0 Å². The van der Waals surface area contributed by atoms with Gasteiger partial charge in [-0.25, -0.2) is 0 Å². The minimum Gasteiger partial charge on any atom is -0.351 e. The third-order valence-corrected chi connectivity index (χ3v) is 6.43. The van der Waals surface area contributed by atoms with E-state index in [0.29, 0.717) is 32.2 Å². The van der Waals surface area contributed by atoms with Gasteiger partial charge in [-0.2, -0.15) is 0 Å². The Morgan fingerprint density at radius 3 is 2.00 bits per heavy atom. The lowest BCUT2D eigenvalue weighted by Crippen LogP contribution is -2.55. The molecule has 0 aliphatic carbocycles. The standard InChI is InChI=1S/C27H51N5O4/c1-5-6-7-8-9-10-11-14-20-17-23(33)29-19-24(34)31-21(15-12-13-16-28)25(35)32-22(26(36)30-20)18-27(2,3)4/h20-22H,5-19,28H2,1-4H3,(H,29,33)(H,30,36)(H,31,34)(H,32,35)/t20?,21-,22?/m0/s1. The molecule has 9 nitrogen and oxygen atoms in total. The predicted molar refractivity (Wildman–Crippen MR) is 143 cm³/mol. The molecule has 0 bridgehead atoms. The average Bonchev–Trinajstić information content (AvgIpc) is 2.80. The number of nitrogens with one attached hydrogen (secondary N) is 4. The number of hydrogen-bond acceptors (Lipinski definition) is 5. The molecule has 0 aromatic heterocycles. The molecule has 3 atom stereocenters. The lowest BCUT2D eigenvalue weighted by molar-refractivity contribution is -0.132. The zero-order valence-electron chi connectivity index (χ0n) is 23.0. The molecule has 1 aliphatic rings. The molecule has 9 heteroatoms. The predicted octanol–water partition coefficient (Wildman–Crippen LogP) is 2.67. The van der Waals surface area contributed by atoms with Gasteiger partial charge in [-0.15, -0.1) is 0 Å². The van der Waals surface area contributed by atoms with E-state index in [4.69, 9.17) is 5.73 Å². The fraction of sp³-hybridized carbons (Fsp3) is 0.852. The molecule has 0 spiro atoms. The van der Waals surface area contributed by atoms with Crippen LogP contribution in [-0.4, -0.2) is 54.8 Å².